The number of aliphatic carboxylic acids is 1. The number of carbonyl (C=O) groups excluding carboxylic acids is 1. The zero-order chi connectivity index (χ0) is 26.5. The molecule has 0 aromatic heterocycles. The molecule has 0 saturated carbocycles. The zero-order valence-electron chi connectivity index (χ0n) is 20.6. The second-order valence-electron chi connectivity index (χ2n) is 7.73. The summed E-state index contributed by atoms with van der Waals surface area (Å²) >= 11 is 0. The van der Waals surface area contributed by atoms with Gasteiger partial charge in [0.1, 0.15) is 11.5 Å². The lowest BCUT2D eigenvalue weighted by Gasteiger charge is -2.22. The Hall–Kier alpha value is -4.60. The Morgan fingerprint density at radius 2 is 1.89 bits per heavy atom. The van der Waals surface area contributed by atoms with Crippen LogP contribution in [-0.2, 0) is 9.59 Å². The number of carboxylic acid groups (broad SMARTS) is 1. The summed E-state index contributed by atoms with van der Waals surface area (Å²) in [6.45, 7) is 0.882. The highest BCUT2D eigenvalue weighted by Crippen LogP contribution is 2.22. The molecule has 0 unspecified atom stereocenters. The predicted molar refractivity (Wildman–Crippen MR) is 144 cm³/mol. The van der Waals surface area contributed by atoms with E-state index in [4.69, 9.17) is 15.6 Å². The summed E-state index contributed by atoms with van der Waals surface area (Å²) in [4.78, 5) is 25.4. The fourth-order valence-corrected chi connectivity index (χ4v) is 3.32. The van der Waals surface area contributed by atoms with Crippen molar-refractivity contribution in [2.45, 2.75) is 6.42 Å². The lowest BCUT2D eigenvalue weighted by molar-refractivity contribution is -0.129. The SMILES string of the molecule is CN/C(=C\C=N)CNc1cccc(N(C)CC/C(C(=N)C(=O)O)=C(\C=O)Nc2ccc(OC)cc2)c1. The average Bonchev–Trinajstić information content (AvgIpc) is 2.90. The van der Waals surface area contributed by atoms with Gasteiger partial charge in [0.05, 0.1) is 19.4 Å². The molecule has 190 valence electrons. The lowest BCUT2D eigenvalue weighted by atomic mass is 10.0. The molecule has 0 saturated heterocycles. The number of likely N-dealkylation sites (N-methyl/N-ethyl adjacent to an activating group) is 1. The molecule has 0 spiro atoms. The summed E-state index contributed by atoms with van der Waals surface area (Å²) in [7, 11) is 5.19. The number of hydrogen-bond donors (Lipinski definition) is 6. The maximum atomic E-state index is 11.9. The number of carbonyl (C=O) groups is 2. The van der Waals surface area contributed by atoms with E-state index < -0.39 is 11.7 Å². The molecule has 0 radical (unpaired) electrons. The van der Waals surface area contributed by atoms with E-state index in [0.29, 0.717) is 30.8 Å². The first kappa shape index (κ1) is 27.6. The highest BCUT2D eigenvalue weighted by Gasteiger charge is 2.19. The minimum absolute atomic E-state index is 0.0222. The van der Waals surface area contributed by atoms with Crippen molar-refractivity contribution in [2.24, 2.45) is 0 Å². The van der Waals surface area contributed by atoms with Crippen LogP contribution in [0.1, 0.15) is 6.42 Å². The van der Waals surface area contributed by atoms with Crippen LogP contribution in [0.5, 0.6) is 5.75 Å². The van der Waals surface area contributed by atoms with E-state index in [9.17, 15) is 14.7 Å². The summed E-state index contributed by atoms with van der Waals surface area (Å²) in [5.41, 5.74) is 2.65. The van der Waals surface area contributed by atoms with Gasteiger partial charge >= 0.3 is 5.97 Å². The van der Waals surface area contributed by atoms with Gasteiger partial charge in [-0.1, -0.05) is 6.07 Å². The van der Waals surface area contributed by atoms with Gasteiger partial charge in [0.15, 0.2) is 6.29 Å². The van der Waals surface area contributed by atoms with E-state index in [1.54, 1.807) is 44.5 Å². The Morgan fingerprint density at radius 3 is 2.47 bits per heavy atom. The van der Waals surface area contributed by atoms with Crippen LogP contribution in [0.2, 0.25) is 0 Å². The summed E-state index contributed by atoms with van der Waals surface area (Å²) in [6.07, 6.45) is 3.57. The first-order valence-electron chi connectivity index (χ1n) is 11.2. The van der Waals surface area contributed by atoms with Crippen molar-refractivity contribution in [1.82, 2.24) is 5.32 Å². The molecular formula is C26H32N6O4. The molecule has 6 N–H and O–H groups in total. The number of allylic oxidation sites excluding steroid dienone is 2. The van der Waals surface area contributed by atoms with Crippen molar-refractivity contribution < 1.29 is 19.4 Å². The summed E-state index contributed by atoms with van der Waals surface area (Å²) in [5, 5.41) is 34.0. The standard InChI is InChI=1S/C26H32N6O4/c1-29-20(11-13-27)16-30-19-5-4-6-21(15-19)32(2)14-12-23(25(28)26(34)35)24(17-33)31-18-7-9-22(36-3)10-8-18/h4-11,13,15,17,27-31H,12,14,16H2,1-3H3,(H,34,35)/b20-11-,24-23-,27-13?,28-25?. The van der Waals surface area contributed by atoms with Crippen LogP contribution in [0.25, 0.3) is 0 Å². The van der Waals surface area contributed by atoms with Crippen molar-refractivity contribution in [3.63, 3.8) is 0 Å². The van der Waals surface area contributed by atoms with Crippen molar-refractivity contribution >= 4 is 41.2 Å². The number of anilines is 3. The molecule has 0 aliphatic heterocycles. The quantitative estimate of drug-likeness (QED) is 0.126. The molecule has 0 amide bonds. The number of carboxylic acids is 1. The molecule has 0 bridgehead atoms. The number of ether oxygens (including phenoxy) is 1. The molecular weight excluding hydrogens is 460 g/mol. The minimum Gasteiger partial charge on any atom is -0.497 e. The monoisotopic (exact) mass is 492 g/mol. The number of nitrogens with one attached hydrogen (secondary N) is 5. The van der Waals surface area contributed by atoms with Gasteiger partial charge in [0.25, 0.3) is 0 Å². The van der Waals surface area contributed by atoms with E-state index in [1.807, 2.05) is 36.2 Å². The third kappa shape index (κ3) is 8.01. The first-order chi connectivity index (χ1) is 17.3. The Balaban J connectivity index is 2.19. The van der Waals surface area contributed by atoms with Gasteiger partial charge in [-0.3, -0.25) is 10.2 Å². The molecule has 2 aromatic carbocycles. The summed E-state index contributed by atoms with van der Waals surface area (Å²) < 4.78 is 5.13. The fourth-order valence-electron chi connectivity index (χ4n) is 3.32. The Kier molecular flexibility index (Phi) is 10.7. The van der Waals surface area contributed by atoms with E-state index in [-0.39, 0.29) is 17.7 Å². The molecule has 2 rings (SSSR count). The van der Waals surface area contributed by atoms with E-state index in [0.717, 1.165) is 17.1 Å². The Morgan fingerprint density at radius 1 is 1.17 bits per heavy atom. The molecule has 0 heterocycles. The highest BCUT2D eigenvalue weighted by molar-refractivity contribution is 6.41. The Labute approximate surface area is 210 Å². The van der Waals surface area contributed by atoms with E-state index >= 15 is 0 Å². The highest BCUT2D eigenvalue weighted by atomic mass is 16.5. The second kappa shape index (κ2) is 14.0. The molecule has 10 nitrogen and oxygen atoms in total. The number of rotatable bonds is 15. The summed E-state index contributed by atoms with van der Waals surface area (Å²) in [5.74, 6) is -0.769. The van der Waals surface area contributed by atoms with Crippen LogP contribution in [0.4, 0.5) is 17.1 Å². The maximum Gasteiger partial charge on any atom is 0.354 e. The van der Waals surface area contributed by atoms with Crippen LogP contribution in [-0.4, -0.2) is 63.6 Å². The normalized spacial score (nSPS) is 11.6. The molecule has 10 heteroatoms. The fraction of sp³-hybridized carbons (Fsp3) is 0.231. The van der Waals surface area contributed by atoms with Gasteiger partial charge < -0.3 is 36.1 Å². The Bertz CT molecular complexity index is 1140. The molecule has 0 aliphatic carbocycles. The van der Waals surface area contributed by atoms with E-state index in [2.05, 4.69) is 16.0 Å². The smallest absolute Gasteiger partial charge is 0.354 e. The van der Waals surface area contributed by atoms with Crippen LogP contribution < -0.4 is 25.6 Å². The third-order valence-corrected chi connectivity index (χ3v) is 5.40. The van der Waals surface area contributed by atoms with Crippen molar-refractivity contribution in [3.05, 3.63) is 71.6 Å². The first-order valence-corrected chi connectivity index (χ1v) is 11.2. The van der Waals surface area contributed by atoms with Crippen LogP contribution >= 0.6 is 0 Å². The minimum atomic E-state index is -1.41. The van der Waals surface area contributed by atoms with Crippen molar-refractivity contribution in [3.8, 4) is 5.75 Å². The van der Waals surface area contributed by atoms with Crippen molar-refractivity contribution in [1.29, 1.82) is 10.8 Å². The van der Waals surface area contributed by atoms with Gasteiger partial charge in [0.2, 0.25) is 0 Å². The molecule has 0 atom stereocenters. The topological polar surface area (TPSA) is 151 Å². The third-order valence-electron chi connectivity index (χ3n) is 5.40. The maximum absolute atomic E-state index is 11.9. The predicted octanol–water partition coefficient (Wildman–Crippen LogP) is 3.36. The number of benzene rings is 2. The average molecular weight is 493 g/mol. The van der Waals surface area contributed by atoms with Crippen LogP contribution in [0.15, 0.2) is 71.6 Å². The van der Waals surface area contributed by atoms with Gasteiger partial charge in [-0.15, -0.1) is 0 Å². The van der Waals surface area contributed by atoms with Gasteiger partial charge in [-0.25, -0.2) is 4.79 Å². The van der Waals surface area contributed by atoms with Crippen LogP contribution in [0.3, 0.4) is 0 Å². The van der Waals surface area contributed by atoms with Crippen LogP contribution in [0, 0.1) is 10.8 Å². The molecule has 0 aliphatic rings. The molecule has 36 heavy (non-hydrogen) atoms. The molecule has 2 aromatic rings. The number of nitrogens with zero attached hydrogens (tertiary/aromatic N) is 1. The van der Waals surface area contributed by atoms with Gasteiger partial charge in [-0.05, 0) is 55.0 Å². The van der Waals surface area contributed by atoms with Gasteiger partial charge in [-0.2, -0.15) is 0 Å². The number of hydrogen-bond acceptors (Lipinski definition) is 9. The lowest BCUT2D eigenvalue weighted by Crippen LogP contribution is -2.25. The number of methoxy groups -OCH3 is 1. The zero-order valence-corrected chi connectivity index (χ0v) is 20.6. The summed E-state index contributed by atoms with van der Waals surface area (Å²) in [6, 6.07) is 14.5. The second-order valence-corrected chi connectivity index (χ2v) is 7.73. The largest absolute Gasteiger partial charge is 0.497 e. The number of aldehydes is 1. The van der Waals surface area contributed by atoms with E-state index in [1.165, 1.54) is 6.21 Å². The molecule has 0 fully saturated rings. The van der Waals surface area contributed by atoms with Crippen molar-refractivity contribution in [2.75, 3.05) is 49.8 Å². The van der Waals surface area contributed by atoms with Gasteiger partial charge in [0, 0.05) is 55.2 Å².